The van der Waals surface area contributed by atoms with Gasteiger partial charge in [0.2, 0.25) is 5.91 Å². The van der Waals surface area contributed by atoms with Gasteiger partial charge in [-0.15, -0.1) is 0 Å². The van der Waals surface area contributed by atoms with Crippen LogP contribution in [0.3, 0.4) is 0 Å². The van der Waals surface area contributed by atoms with E-state index in [9.17, 15) is 4.79 Å². The monoisotopic (exact) mass is 252 g/mol. The summed E-state index contributed by atoms with van der Waals surface area (Å²) in [5, 5.41) is 6.87. The van der Waals surface area contributed by atoms with Gasteiger partial charge in [-0.1, -0.05) is 29.8 Å². The number of amides is 1. The van der Waals surface area contributed by atoms with Crippen LogP contribution in [-0.2, 0) is 4.79 Å². The number of hydrogen-bond acceptors (Lipinski definition) is 2. The summed E-state index contributed by atoms with van der Waals surface area (Å²) < 4.78 is 0. The number of carbonyl (C=O) groups excluding carboxylic acids is 1. The van der Waals surface area contributed by atoms with Crippen molar-refractivity contribution in [2.24, 2.45) is 0 Å². The van der Waals surface area contributed by atoms with Crippen molar-refractivity contribution in [1.29, 1.82) is 0 Å². The molecule has 2 N–H and O–H groups in total. The summed E-state index contributed by atoms with van der Waals surface area (Å²) in [4.78, 5) is 11.9. The van der Waals surface area contributed by atoms with Crippen LogP contribution >= 0.6 is 11.6 Å². The predicted molar refractivity (Wildman–Crippen MR) is 69.0 cm³/mol. The molecule has 2 atom stereocenters. The smallest absolute Gasteiger partial charge is 0.237 e. The molecule has 0 radical (unpaired) electrons. The molecule has 1 amide bonds. The molecule has 1 heterocycles. The quantitative estimate of drug-likeness (QED) is 0.867. The molecule has 3 nitrogen and oxygen atoms in total. The average molecular weight is 253 g/mol. The third-order valence-electron chi connectivity index (χ3n) is 3.11. The SMILES string of the molecule is CC(NC(=O)[C@H]1CCCN1)c1ccccc1Cl. The van der Waals surface area contributed by atoms with Gasteiger partial charge in [0.05, 0.1) is 12.1 Å². The Balaban J connectivity index is 1.99. The number of rotatable bonds is 3. The second kappa shape index (κ2) is 5.52. The lowest BCUT2D eigenvalue weighted by atomic mass is 10.1. The molecule has 1 aromatic carbocycles. The fourth-order valence-corrected chi connectivity index (χ4v) is 2.43. The van der Waals surface area contributed by atoms with Crippen molar-refractivity contribution in [3.8, 4) is 0 Å². The Bertz CT molecular complexity index is 402. The summed E-state index contributed by atoms with van der Waals surface area (Å²) >= 11 is 6.10. The minimum Gasteiger partial charge on any atom is -0.348 e. The van der Waals surface area contributed by atoms with Crippen LogP contribution in [0.5, 0.6) is 0 Å². The van der Waals surface area contributed by atoms with Gasteiger partial charge < -0.3 is 10.6 Å². The van der Waals surface area contributed by atoms with Crippen LogP contribution in [0, 0.1) is 0 Å². The second-order valence-electron chi connectivity index (χ2n) is 4.40. The van der Waals surface area contributed by atoms with E-state index in [2.05, 4.69) is 10.6 Å². The largest absolute Gasteiger partial charge is 0.348 e. The Kier molecular flexibility index (Phi) is 4.02. The van der Waals surface area contributed by atoms with Gasteiger partial charge in [0.15, 0.2) is 0 Å². The molecule has 92 valence electrons. The maximum Gasteiger partial charge on any atom is 0.237 e. The predicted octanol–water partition coefficient (Wildman–Crippen LogP) is 2.27. The first kappa shape index (κ1) is 12.4. The first-order chi connectivity index (χ1) is 8.18. The van der Waals surface area contributed by atoms with Gasteiger partial charge in [-0.2, -0.15) is 0 Å². The van der Waals surface area contributed by atoms with E-state index < -0.39 is 0 Å². The van der Waals surface area contributed by atoms with Gasteiger partial charge in [-0.3, -0.25) is 4.79 Å². The van der Waals surface area contributed by atoms with E-state index in [4.69, 9.17) is 11.6 Å². The van der Waals surface area contributed by atoms with Crippen LogP contribution in [0.4, 0.5) is 0 Å². The Hall–Kier alpha value is -1.06. The van der Waals surface area contributed by atoms with Crippen LogP contribution in [0.1, 0.15) is 31.4 Å². The summed E-state index contributed by atoms with van der Waals surface area (Å²) in [5.41, 5.74) is 0.959. The van der Waals surface area contributed by atoms with E-state index in [0.717, 1.165) is 24.9 Å². The summed E-state index contributed by atoms with van der Waals surface area (Å²) in [6.07, 6.45) is 1.99. The standard InChI is InChI=1S/C13H17ClN2O/c1-9(10-5-2-3-6-11(10)14)16-13(17)12-7-4-8-15-12/h2-3,5-6,9,12,15H,4,7-8H2,1H3,(H,16,17)/t9?,12-/m1/s1. The van der Waals surface area contributed by atoms with Crippen molar-refractivity contribution in [3.05, 3.63) is 34.9 Å². The summed E-state index contributed by atoms with van der Waals surface area (Å²) in [7, 11) is 0. The molecule has 1 saturated heterocycles. The molecule has 2 rings (SSSR count). The fraction of sp³-hybridized carbons (Fsp3) is 0.462. The fourth-order valence-electron chi connectivity index (χ4n) is 2.13. The highest BCUT2D eigenvalue weighted by atomic mass is 35.5. The number of carbonyl (C=O) groups is 1. The molecular weight excluding hydrogens is 236 g/mol. The van der Waals surface area contributed by atoms with Crippen molar-refractivity contribution >= 4 is 17.5 Å². The summed E-state index contributed by atoms with van der Waals surface area (Å²) in [5.74, 6) is 0.0647. The topological polar surface area (TPSA) is 41.1 Å². The zero-order valence-corrected chi connectivity index (χ0v) is 10.6. The Labute approximate surface area is 107 Å². The third-order valence-corrected chi connectivity index (χ3v) is 3.45. The first-order valence-corrected chi connectivity index (χ1v) is 6.34. The van der Waals surface area contributed by atoms with Gasteiger partial charge >= 0.3 is 0 Å². The summed E-state index contributed by atoms with van der Waals surface area (Å²) in [6.45, 7) is 2.88. The molecule has 1 aliphatic heterocycles. The van der Waals surface area contributed by atoms with Crippen LogP contribution in [0.25, 0.3) is 0 Å². The Morgan fingerprint density at radius 2 is 2.29 bits per heavy atom. The van der Waals surface area contributed by atoms with Crippen LogP contribution in [0.15, 0.2) is 24.3 Å². The molecule has 1 aromatic rings. The van der Waals surface area contributed by atoms with Gasteiger partial charge in [0.25, 0.3) is 0 Å². The highest BCUT2D eigenvalue weighted by Crippen LogP contribution is 2.22. The molecule has 4 heteroatoms. The van der Waals surface area contributed by atoms with Gasteiger partial charge in [0, 0.05) is 5.02 Å². The van der Waals surface area contributed by atoms with Crippen molar-refractivity contribution < 1.29 is 4.79 Å². The van der Waals surface area contributed by atoms with Crippen molar-refractivity contribution in [2.75, 3.05) is 6.54 Å². The normalized spacial score (nSPS) is 21.2. The third kappa shape index (κ3) is 2.99. The van der Waals surface area contributed by atoms with E-state index in [1.54, 1.807) is 0 Å². The lowest BCUT2D eigenvalue weighted by Gasteiger charge is -2.18. The zero-order chi connectivity index (χ0) is 12.3. The number of halogens is 1. The van der Waals surface area contributed by atoms with Crippen molar-refractivity contribution in [2.45, 2.75) is 31.8 Å². The van der Waals surface area contributed by atoms with E-state index in [1.807, 2.05) is 31.2 Å². The van der Waals surface area contributed by atoms with Crippen molar-refractivity contribution in [1.82, 2.24) is 10.6 Å². The van der Waals surface area contributed by atoms with Crippen molar-refractivity contribution in [3.63, 3.8) is 0 Å². The highest BCUT2D eigenvalue weighted by molar-refractivity contribution is 6.31. The average Bonchev–Trinajstić information content (AvgIpc) is 2.82. The van der Waals surface area contributed by atoms with Gasteiger partial charge in [0.1, 0.15) is 0 Å². The second-order valence-corrected chi connectivity index (χ2v) is 4.81. The summed E-state index contributed by atoms with van der Waals surface area (Å²) in [6, 6.07) is 7.50. The van der Waals surface area contributed by atoms with Gasteiger partial charge in [-0.05, 0) is 37.9 Å². The minimum atomic E-state index is -0.0569. The molecule has 0 spiro atoms. The van der Waals surface area contributed by atoms with Crippen LogP contribution in [0.2, 0.25) is 5.02 Å². The number of benzene rings is 1. The first-order valence-electron chi connectivity index (χ1n) is 5.96. The number of hydrogen-bond donors (Lipinski definition) is 2. The van der Waals surface area contributed by atoms with E-state index in [-0.39, 0.29) is 18.0 Å². The maximum absolute atomic E-state index is 11.9. The molecule has 1 aliphatic rings. The van der Waals surface area contributed by atoms with Crippen LogP contribution in [-0.4, -0.2) is 18.5 Å². The lowest BCUT2D eigenvalue weighted by molar-refractivity contribution is -0.123. The van der Waals surface area contributed by atoms with Gasteiger partial charge in [-0.25, -0.2) is 0 Å². The molecule has 1 fully saturated rings. The Morgan fingerprint density at radius 1 is 1.53 bits per heavy atom. The molecule has 0 bridgehead atoms. The van der Waals surface area contributed by atoms with Crippen LogP contribution < -0.4 is 10.6 Å². The highest BCUT2D eigenvalue weighted by Gasteiger charge is 2.23. The van der Waals surface area contributed by atoms with E-state index in [1.165, 1.54) is 0 Å². The molecular formula is C13H17ClN2O. The minimum absolute atomic E-state index is 0.0417. The molecule has 1 unspecified atom stereocenters. The Morgan fingerprint density at radius 3 is 2.94 bits per heavy atom. The maximum atomic E-state index is 11.9. The molecule has 0 saturated carbocycles. The number of nitrogens with one attached hydrogen (secondary N) is 2. The molecule has 0 aliphatic carbocycles. The van der Waals surface area contributed by atoms with E-state index in [0.29, 0.717) is 5.02 Å². The lowest BCUT2D eigenvalue weighted by Crippen LogP contribution is -2.41. The molecule has 17 heavy (non-hydrogen) atoms. The molecule has 0 aromatic heterocycles. The zero-order valence-electron chi connectivity index (χ0n) is 9.87. The van der Waals surface area contributed by atoms with E-state index >= 15 is 0 Å².